The normalized spacial score (nSPS) is 26.4. The minimum absolute atomic E-state index is 0.0308. The molecule has 0 aliphatic carbocycles. The number of ether oxygens (including phenoxy) is 8. The van der Waals surface area contributed by atoms with Crippen molar-refractivity contribution in [3.8, 4) is 68.6 Å². The molecule has 11 bridgehead atoms. The first-order chi connectivity index (χ1) is 57.5. The van der Waals surface area contributed by atoms with Gasteiger partial charge >= 0.3 is 5.97 Å². The number of carbonyl (C=O) groups is 9. The maximum absolute atomic E-state index is 16.3. The van der Waals surface area contributed by atoms with Gasteiger partial charge in [-0.05, 0) is 141 Å². The minimum atomic E-state index is -2.38. The fourth-order valence-electron chi connectivity index (χ4n) is 14.6. The molecule has 18 atom stereocenters. The average Bonchev–Trinajstić information content (AvgIpc) is 0.752. The number of nitrogens with one attached hydrogen (secondary N) is 8. The Hall–Kier alpha value is -10.4. The second-order valence-electron chi connectivity index (χ2n) is 30.5. The van der Waals surface area contributed by atoms with E-state index in [-0.39, 0.29) is 64.5 Å². The third-order valence-corrected chi connectivity index (χ3v) is 22.5. The molecule has 2 saturated heterocycles. The molecule has 2 fully saturated rings. The molecule has 6 aromatic carbocycles. The van der Waals surface area contributed by atoms with Gasteiger partial charge in [-0.2, -0.15) is 0 Å². The quantitative estimate of drug-likeness (QED) is 0.0358. The van der Waals surface area contributed by atoms with Gasteiger partial charge in [0.15, 0.2) is 46.5 Å². The van der Waals surface area contributed by atoms with E-state index < -0.39 is 237 Å². The molecule has 20 N–H and O–H groups in total. The van der Waals surface area contributed by atoms with Gasteiger partial charge in [0, 0.05) is 53.9 Å². The van der Waals surface area contributed by atoms with Crippen LogP contribution in [0.4, 0.5) is 0 Å². The van der Waals surface area contributed by atoms with Crippen LogP contribution in [0.3, 0.4) is 0 Å². The van der Waals surface area contributed by atoms with Crippen molar-refractivity contribution >= 4 is 87.4 Å². The van der Waals surface area contributed by atoms with Gasteiger partial charge in [0.05, 0.1) is 54.5 Å². The highest BCUT2D eigenvalue weighted by atomic mass is 35.5. The predicted molar refractivity (Wildman–Crippen MR) is 432 cm³/mol. The van der Waals surface area contributed by atoms with Crippen molar-refractivity contribution in [1.82, 2.24) is 42.5 Å². The molecule has 121 heavy (non-hydrogen) atoms. The van der Waals surface area contributed by atoms with Gasteiger partial charge in [0.2, 0.25) is 53.4 Å². The van der Waals surface area contributed by atoms with E-state index in [1.807, 2.05) is 26.8 Å². The molecule has 36 nitrogen and oxygen atoms in total. The molecule has 652 valence electrons. The Balaban J connectivity index is 1.09. The number of phenols is 3. The zero-order valence-corrected chi connectivity index (χ0v) is 68.9. The van der Waals surface area contributed by atoms with Gasteiger partial charge in [-0.15, -0.1) is 0 Å². The molecule has 7 aliphatic heterocycles. The summed E-state index contributed by atoms with van der Waals surface area (Å²) in [7, 11) is 1.47. The lowest BCUT2D eigenvalue weighted by atomic mass is 9.84. The van der Waals surface area contributed by atoms with Crippen LogP contribution in [-0.4, -0.2) is 215 Å². The lowest BCUT2D eigenvalue weighted by molar-refractivity contribution is -0.334. The second-order valence-corrected chi connectivity index (χ2v) is 32.6. The van der Waals surface area contributed by atoms with Crippen LogP contribution in [0, 0.1) is 5.92 Å². The van der Waals surface area contributed by atoms with Crippen molar-refractivity contribution in [2.24, 2.45) is 11.7 Å². The number of aliphatic carboxylic acids is 1. The van der Waals surface area contributed by atoms with Crippen LogP contribution in [-0.2, 0) is 63.9 Å². The molecule has 0 radical (unpaired) electrons. The summed E-state index contributed by atoms with van der Waals surface area (Å²) in [5.74, 6) is -14.7. The van der Waals surface area contributed by atoms with Crippen molar-refractivity contribution in [3.63, 3.8) is 0 Å². The number of likely N-dealkylation sites (N-methyl/N-ethyl adjacent to an activating group) is 1. The number of carboxylic acid groups (broad SMARTS) is 1. The van der Waals surface area contributed by atoms with Crippen molar-refractivity contribution < 1.29 is 132 Å². The van der Waals surface area contributed by atoms with Crippen LogP contribution in [0.15, 0.2) is 97.1 Å². The molecule has 0 saturated carbocycles. The highest BCUT2D eigenvalue weighted by molar-refractivity contribution is 8.13. The average molecular weight is 1740 g/mol. The van der Waals surface area contributed by atoms with E-state index in [1.54, 1.807) is 26.0 Å². The summed E-state index contributed by atoms with van der Waals surface area (Å²) in [5.41, 5.74) is 2.25. The summed E-state index contributed by atoms with van der Waals surface area (Å²) < 4.78 is 51.9. The third-order valence-electron chi connectivity index (χ3n) is 21.0. The summed E-state index contributed by atoms with van der Waals surface area (Å²) in [6.07, 6.45) is -16.8. The zero-order valence-electron chi connectivity index (χ0n) is 66.6. The minimum Gasteiger partial charge on any atom is -0.508 e. The van der Waals surface area contributed by atoms with Crippen molar-refractivity contribution in [1.29, 1.82) is 0 Å². The third kappa shape index (κ3) is 21.4. The first-order valence-corrected chi connectivity index (χ1v) is 40.7. The number of aromatic hydroxyl groups is 3. The second kappa shape index (κ2) is 39.7. The van der Waals surface area contributed by atoms with Crippen molar-refractivity contribution in [2.75, 3.05) is 32.6 Å². The first-order valence-electron chi connectivity index (χ1n) is 38.9. The number of carbonyl (C=O) groups excluding carboxylic acids is 8. The standard InChI is InChI=1S/C82H97Cl2N9O27S/c1-8-9-19-113-54-16-11-38(23-55(54)114-20-10-21-121-37(5)95)33-87-82(6)32-60(115-36(4)73(82)104)119-72-70(103)69(102)58(34-94)118-81(72)120-71-56-27-42-28-57(71)117-53-18-14-41(26-47(53)84)68(101)66-79(110)91-64(80(111)112)45-29-43(96)30-51(98)61(45)44-24-39(12-15-50(44)97)62(76(107)93-66)90-77(108)63(42)89-75(106)49(31-59(85)99)88-78(109)65(92-74(105)48(86-7)22-35(2)3)67(100)40-13-17-52(116-56)46(83)25-40/h11-18,23-30,35-36,48-49,58,60,62-70,72-73,81,86-87,94,96-98,100-104H,8-10,19-22,31-34H2,1-7H3,(H2,85,99)(H,88,109)(H,89,106)(H,90,108)(H,91,110)(H,92,105)(H,93,107)(H,111,112)/t36-,48+,49-,58+,60-,62+,63+,64-,65+,66-,67+,68+,69+,70-,72+,73+,81-,82-/m0/s1. The van der Waals surface area contributed by atoms with Gasteiger partial charge in [-0.3, -0.25) is 38.4 Å². The monoisotopic (exact) mass is 1740 g/mol. The fourth-order valence-corrected chi connectivity index (χ4v) is 15.6. The molecule has 0 spiro atoms. The Morgan fingerprint density at radius 2 is 1.34 bits per heavy atom. The fraction of sp³-hybridized carbons (Fsp3) is 0.451. The molecule has 13 rings (SSSR count). The van der Waals surface area contributed by atoms with E-state index in [0.717, 1.165) is 79.6 Å². The molecule has 0 aromatic heterocycles. The van der Waals surface area contributed by atoms with E-state index in [0.29, 0.717) is 35.8 Å². The Labute approximate surface area is 707 Å². The van der Waals surface area contributed by atoms with E-state index >= 15 is 14.4 Å². The summed E-state index contributed by atoms with van der Waals surface area (Å²) in [5, 5.41) is 137. The maximum atomic E-state index is 16.3. The van der Waals surface area contributed by atoms with Crippen LogP contribution in [0.2, 0.25) is 10.0 Å². The number of rotatable bonds is 25. The van der Waals surface area contributed by atoms with Crippen LogP contribution in [0.5, 0.6) is 57.5 Å². The molecule has 7 aliphatic rings. The molecule has 7 amide bonds. The molecule has 39 heteroatoms. The van der Waals surface area contributed by atoms with Gasteiger partial charge in [0.25, 0.3) is 0 Å². The van der Waals surface area contributed by atoms with E-state index in [9.17, 15) is 79.8 Å². The number of hydrogen-bond donors (Lipinski definition) is 19. The topological polar surface area (TPSA) is 552 Å². The highest BCUT2D eigenvalue weighted by Gasteiger charge is 2.52. The smallest absolute Gasteiger partial charge is 0.330 e. The number of unbranched alkanes of at least 4 members (excludes halogenated alkanes) is 1. The molecular weight excluding hydrogens is 1650 g/mol. The summed E-state index contributed by atoms with van der Waals surface area (Å²) in [6, 6.07) is 4.56. The van der Waals surface area contributed by atoms with Crippen LogP contribution in [0.1, 0.15) is 144 Å². The van der Waals surface area contributed by atoms with E-state index in [4.69, 9.17) is 66.8 Å². The molecule has 0 unspecified atom stereocenters. The van der Waals surface area contributed by atoms with Crippen LogP contribution < -0.4 is 72.0 Å². The van der Waals surface area contributed by atoms with Crippen molar-refractivity contribution in [3.05, 3.63) is 140 Å². The van der Waals surface area contributed by atoms with Crippen LogP contribution >= 0.6 is 35.0 Å². The first kappa shape index (κ1) is 91.4. The lowest BCUT2D eigenvalue weighted by Crippen LogP contribution is -2.65. The summed E-state index contributed by atoms with van der Waals surface area (Å²) in [4.78, 5) is 130. The lowest BCUT2D eigenvalue weighted by Gasteiger charge is -2.48. The summed E-state index contributed by atoms with van der Waals surface area (Å²) in [6.45, 7) is 10.2. The number of halogens is 2. The van der Waals surface area contributed by atoms with Gasteiger partial charge in [-0.1, -0.05) is 86.4 Å². The Kier molecular flexibility index (Phi) is 30.0. The number of hydrogen-bond acceptors (Lipinski definition) is 29. The van der Waals surface area contributed by atoms with Crippen LogP contribution in [0.25, 0.3) is 11.1 Å². The number of fused-ring (bicyclic) bond motifs is 15. The molecule has 6 aromatic rings. The largest absolute Gasteiger partial charge is 0.508 e. The number of amides is 7. The Morgan fingerprint density at radius 3 is 1.97 bits per heavy atom. The number of nitrogens with two attached hydrogens (primary N) is 1. The van der Waals surface area contributed by atoms with E-state index in [1.165, 1.54) is 37.9 Å². The molecule has 7 heterocycles. The van der Waals surface area contributed by atoms with Gasteiger partial charge < -0.3 is 137 Å². The highest BCUT2D eigenvalue weighted by Crippen LogP contribution is 2.50. The number of aliphatic hydroxyl groups is 6. The Morgan fingerprint density at radius 1 is 0.702 bits per heavy atom. The summed E-state index contributed by atoms with van der Waals surface area (Å²) >= 11 is 15.5. The number of phenolic OH excluding ortho intramolecular Hbond substituents is 3. The molecular formula is C82H97Cl2N9O27S. The number of aliphatic hydroxyl groups excluding tert-OH is 6. The van der Waals surface area contributed by atoms with E-state index in [2.05, 4.69) is 42.5 Å². The number of carboxylic acids is 1. The SMILES string of the molecule is CCCCOc1ccc(CN[C@@]2(C)C[C@H](O[C@H]3[C@H](Oc4c5cc6cc4Oc4ccc(cc4Cl)[C@@H](O)[C@@H](NC(=O)[C@@H](CC(C)C)NC)C(=O)N[C@@H](CC(N)=O)C(=O)N[C@H]6C(=O)N[C@H]4C(=O)N[C@H](C(=O)N[C@H](C(=O)O)c6cc(O)cc(O)c6-c6cc4ccc6O)[C@H](O)c4ccc(c(Cl)c4)O5)O[C@H](CO)[C@@H](O)[C@@H]3O)O[C@@H](C)[C@H]2O)cc1OCCCSC(C)=O. The maximum Gasteiger partial charge on any atom is 0.330 e. The van der Waals surface area contributed by atoms with Gasteiger partial charge in [-0.25, -0.2) is 4.79 Å². The number of thioether (sulfide) groups is 1. The zero-order chi connectivity index (χ0) is 87.7. The number of primary amides is 1. The van der Waals surface area contributed by atoms with Gasteiger partial charge in [0.1, 0.15) is 89.5 Å². The van der Waals surface area contributed by atoms with Crippen molar-refractivity contribution in [2.45, 2.75) is 196 Å². The predicted octanol–water partition coefficient (Wildman–Crippen LogP) is 4.16. The Bertz CT molecular complexity index is 4880. The number of benzene rings is 6.